The summed E-state index contributed by atoms with van der Waals surface area (Å²) in [4.78, 5) is 15.2. The number of nitrogens with zero attached hydrogens (tertiary/aromatic N) is 4. The van der Waals surface area contributed by atoms with Gasteiger partial charge in [0.15, 0.2) is 0 Å². The van der Waals surface area contributed by atoms with Gasteiger partial charge in [-0.3, -0.25) is 9.48 Å². The molecule has 7 heteroatoms. The first-order chi connectivity index (χ1) is 8.63. The molecule has 90 valence electrons. The lowest BCUT2D eigenvalue weighted by atomic mass is 10.2. The molecular weight excluding hydrogens is 237 g/mol. The third-order valence-corrected chi connectivity index (χ3v) is 2.29. The molecule has 0 unspecified atom stereocenters. The fourth-order valence-corrected chi connectivity index (χ4v) is 1.40. The van der Waals surface area contributed by atoms with Crippen molar-refractivity contribution in [2.45, 2.75) is 0 Å². The number of hydrogen-bond acceptors (Lipinski definition) is 4. The van der Waals surface area contributed by atoms with Crippen molar-refractivity contribution >= 4 is 11.7 Å². The number of hydrogen-bond donors (Lipinski definition) is 1. The van der Waals surface area contributed by atoms with Crippen LogP contribution in [-0.2, 0) is 7.05 Å². The molecule has 2 aromatic rings. The molecule has 0 saturated carbocycles. The second-order valence-electron chi connectivity index (χ2n) is 3.44. The maximum Gasteiger partial charge on any atom is 0.261 e. The predicted molar refractivity (Wildman–Crippen MR) is 60.1 cm³/mol. The van der Waals surface area contributed by atoms with Crippen molar-refractivity contribution in [1.29, 1.82) is 5.26 Å². The quantitative estimate of drug-likeness (QED) is 0.802. The first-order valence-electron chi connectivity index (χ1n) is 4.97. The van der Waals surface area contributed by atoms with E-state index in [1.54, 1.807) is 7.05 Å². The molecule has 0 radical (unpaired) electrons. The summed E-state index contributed by atoms with van der Waals surface area (Å²) in [6, 6.07) is 4.64. The van der Waals surface area contributed by atoms with Crippen molar-refractivity contribution in [3.63, 3.8) is 0 Å². The van der Waals surface area contributed by atoms with Crippen LogP contribution in [0.25, 0.3) is 0 Å². The van der Waals surface area contributed by atoms with Crippen LogP contribution in [0.4, 0.5) is 10.2 Å². The number of aromatic nitrogens is 3. The molecule has 0 bridgehead atoms. The van der Waals surface area contributed by atoms with E-state index in [0.29, 0.717) is 0 Å². The van der Waals surface area contributed by atoms with Gasteiger partial charge < -0.3 is 5.32 Å². The number of pyridine rings is 1. The molecule has 2 heterocycles. The lowest BCUT2D eigenvalue weighted by molar-refractivity contribution is 0.102. The fourth-order valence-electron chi connectivity index (χ4n) is 1.40. The van der Waals surface area contributed by atoms with Gasteiger partial charge >= 0.3 is 0 Å². The summed E-state index contributed by atoms with van der Waals surface area (Å²) < 4.78 is 14.6. The van der Waals surface area contributed by atoms with Crippen molar-refractivity contribution in [3.05, 3.63) is 41.6 Å². The molecule has 0 saturated heterocycles. The minimum absolute atomic E-state index is 0.192. The van der Waals surface area contributed by atoms with Gasteiger partial charge in [-0.1, -0.05) is 0 Å². The summed E-state index contributed by atoms with van der Waals surface area (Å²) in [6.07, 6.45) is 2.56. The highest BCUT2D eigenvalue weighted by atomic mass is 19.1. The highest BCUT2D eigenvalue weighted by Crippen LogP contribution is 2.14. The second-order valence-corrected chi connectivity index (χ2v) is 3.44. The van der Waals surface area contributed by atoms with Crippen molar-refractivity contribution < 1.29 is 9.18 Å². The van der Waals surface area contributed by atoms with Crippen LogP contribution in [-0.4, -0.2) is 20.7 Å². The maximum absolute atomic E-state index is 13.3. The monoisotopic (exact) mass is 245 g/mol. The molecule has 0 aliphatic carbocycles. The largest absolute Gasteiger partial charge is 0.306 e. The van der Waals surface area contributed by atoms with Crippen LogP contribution in [0.15, 0.2) is 24.5 Å². The number of halogens is 1. The molecular formula is C11H8FN5O. The van der Waals surface area contributed by atoms with Crippen LogP contribution in [0.5, 0.6) is 0 Å². The van der Waals surface area contributed by atoms with E-state index < -0.39 is 11.9 Å². The van der Waals surface area contributed by atoms with E-state index in [2.05, 4.69) is 15.4 Å². The highest BCUT2D eigenvalue weighted by molar-refractivity contribution is 6.04. The van der Waals surface area contributed by atoms with Gasteiger partial charge in [-0.2, -0.15) is 14.8 Å². The maximum atomic E-state index is 13.3. The van der Waals surface area contributed by atoms with E-state index >= 15 is 0 Å². The Labute approximate surface area is 102 Å². The third kappa shape index (κ3) is 2.04. The summed E-state index contributed by atoms with van der Waals surface area (Å²) in [5, 5.41) is 15.1. The summed E-state index contributed by atoms with van der Waals surface area (Å²) >= 11 is 0. The number of aryl methyl sites for hydroxylation is 1. The van der Waals surface area contributed by atoms with E-state index in [1.807, 2.05) is 6.07 Å². The predicted octanol–water partition coefficient (Wildman–Crippen LogP) is 1.08. The average Bonchev–Trinajstić information content (AvgIpc) is 2.71. The Balaban J connectivity index is 2.31. The first kappa shape index (κ1) is 11.7. The first-order valence-corrected chi connectivity index (χ1v) is 4.97. The van der Waals surface area contributed by atoms with Gasteiger partial charge in [-0.25, -0.2) is 4.98 Å². The number of amides is 1. The number of nitriles is 1. The number of nitrogens with one attached hydrogen (secondary N) is 1. The van der Waals surface area contributed by atoms with E-state index in [1.165, 1.54) is 29.2 Å². The van der Waals surface area contributed by atoms with Crippen LogP contribution in [0.1, 0.15) is 15.9 Å². The van der Waals surface area contributed by atoms with E-state index in [4.69, 9.17) is 5.26 Å². The van der Waals surface area contributed by atoms with Gasteiger partial charge in [0.2, 0.25) is 5.95 Å². The van der Waals surface area contributed by atoms with Gasteiger partial charge in [0.1, 0.15) is 17.5 Å². The Kier molecular flexibility index (Phi) is 3.02. The zero-order valence-electron chi connectivity index (χ0n) is 9.38. The topological polar surface area (TPSA) is 83.6 Å². The Hall–Kier alpha value is -2.75. The van der Waals surface area contributed by atoms with Crippen LogP contribution in [0.2, 0.25) is 0 Å². The SMILES string of the molecule is Cn1ncc(C#N)c1NC(=O)c1cccnc1F. The molecule has 0 fully saturated rings. The normalized spacial score (nSPS) is 9.83. The van der Waals surface area contributed by atoms with E-state index in [9.17, 15) is 9.18 Å². The molecule has 0 spiro atoms. The summed E-state index contributed by atoms with van der Waals surface area (Å²) in [6.45, 7) is 0. The Morgan fingerprint density at radius 3 is 3.06 bits per heavy atom. The molecule has 0 atom stereocenters. The minimum Gasteiger partial charge on any atom is -0.306 e. The van der Waals surface area contributed by atoms with Gasteiger partial charge in [0.05, 0.1) is 11.8 Å². The zero-order chi connectivity index (χ0) is 13.1. The van der Waals surface area contributed by atoms with E-state index in [0.717, 1.165) is 0 Å². The number of carbonyl (C=O) groups excluding carboxylic acids is 1. The average molecular weight is 245 g/mol. The molecule has 6 nitrogen and oxygen atoms in total. The molecule has 2 aromatic heterocycles. The summed E-state index contributed by atoms with van der Waals surface area (Å²) in [7, 11) is 1.57. The molecule has 0 aliphatic heterocycles. The Morgan fingerprint density at radius 2 is 2.39 bits per heavy atom. The molecule has 0 aromatic carbocycles. The second kappa shape index (κ2) is 4.63. The van der Waals surface area contributed by atoms with Crippen LogP contribution in [0.3, 0.4) is 0 Å². The van der Waals surface area contributed by atoms with Crippen LogP contribution < -0.4 is 5.32 Å². The lowest BCUT2D eigenvalue weighted by Crippen LogP contribution is -2.17. The smallest absolute Gasteiger partial charge is 0.261 e. The number of rotatable bonds is 2. The van der Waals surface area contributed by atoms with Gasteiger partial charge in [-0.05, 0) is 12.1 Å². The molecule has 18 heavy (non-hydrogen) atoms. The van der Waals surface area contributed by atoms with Crippen molar-refractivity contribution in [2.24, 2.45) is 7.05 Å². The van der Waals surface area contributed by atoms with Crippen LogP contribution in [0, 0.1) is 17.3 Å². The fraction of sp³-hybridized carbons (Fsp3) is 0.0909. The van der Waals surface area contributed by atoms with E-state index in [-0.39, 0.29) is 16.9 Å². The summed E-state index contributed by atoms with van der Waals surface area (Å²) in [5.74, 6) is -1.33. The van der Waals surface area contributed by atoms with Gasteiger partial charge in [-0.15, -0.1) is 0 Å². The van der Waals surface area contributed by atoms with Crippen molar-refractivity contribution in [1.82, 2.24) is 14.8 Å². The molecule has 0 aliphatic rings. The minimum atomic E-state index is -0.865. The standard InChI is InChI=1S/C11H8FN5O/c1-17-10(7(5-13)6-15-17)16-11(18)8-3-2-4-14-9(8)12/h2-4,6H,1H3,(H,16,18). The number of anilines is 1. The van der Waals surface area contributed by atoms with Crippen LogP contribution >= 0.6 is 0 Å². The molecule has 2 rings (SSSR count). The molecule has 1 N–H and O–H groups in total. The number of carbonyl (C=O) groups is 1. The zero-order valence-corrected chi connectivity index (χ0v) is 9.38. The lowest BCUT2D eigenvalue weighted by Gasteiger charge is -2.06. The van der Waals surface area contributed by atoms with Crippen molar-refractivity contribution in [3.8, 4) is 6.07 Å². The highest BCUT2D eigenvalue weighted by Gasteiger charge is 2.16. The summed E-state index contributed by atoms with van der Waals surface area (Å²) in [5.41, 5.74) is 0.0118. The Morgan fingerprint density at radius 1 is 1.61 bits per heavy atom. The van der Waals surface area contributed by atoms with Crippen molar-refractivity contribution in [2.75, 3.05) is 5.32 Å². The van der Waals surface area contributed by atoms with Gasteiger partial charge in [0, 0.05) is 13.2 Å². The Bertz CT molecular complexity index is 643. The van der Waals surface area contributed by atoms with Gasteiger partial charge in [0.25, 0.3) is 5.91 Å². The molecule has 1 amide bonds. The third-order valence-electron chi connectivity index (χ3n) is 2.29.